The minimum Gasteiger partial charge on any atom is -0.378 e. The van der Waals surface area contributed by atoms with E-state index in [1.807, 2.05) is 60.3 Å². The number of anilines is 3. The molecule has 6 heteroatoms. The third-order valence-electron chi connectivity index (χ3n) is 4.96. The Morgan fingerprint density at radius 2 is 1.71 bits per heavy atom. The first-order valence-electron chi connectivity index (χ1n) is 9.34. The van der Waals surface area contributed by atoms with E-state index in [4.69, 9.17) is 0 Å². The number of amides is 1. The van der Waals surface area contributed by atoms with Crippen molar-refractivity contribution >= 4 is 23.1 Å². The highest BCUT2D eigenvalue weighted by Gasteiger charge is 2.22. The number of carbonyl (C=O) groups is 1. The van der Waals surface area contributed by atoms with Crippen molar-refractivity contribution in [3.05, 3.63) is 77.5 Å². The molecule has 2 heterocycles. The second kappa shape index (κ2) is 7.68. The van der Waals surface area contributed by atoms with Gasteiger partial charge < -0.3 is 15.1 Å². The maximum atomic E-state index is 12.8. The van der Waals surface area contributed by atoms with Crippen LogP contribution in [0.3, 0.4) is 0 Å². The number of benzene rings is 2. The van der Waals surface area contributed by atoms with Gasteiger partial charge in [-0.15, -0.1) is 10.2 Å². The van der Waals surface area contributed by atoms with Crippen molar-refractivity contribution in [1.82, 2.24) is 15.1 Å². The van der Waals surface area contributed by atoms with Gasteiger partial charge in [0, 0.05) is 38.6 Å². The van der Waals surface area contributed by atoms with Crippen LogP contribution in [0.5, 0.6) is 0 Å². The molecule has 0 fully saturated rings. The number of nitrogens with zero attached hydrogens (tertiary/aromatic N) is 4. The quantitative estimate of drug-likeness (QED) is 0.759. The predicted molar refractivity (Wildman–Crippen MR) is 111 cm³/mol. The number of aromatic nitrogens is 2. The average Bonchev–Trinajstić information content (AvgIpc) is 2.74. The van der Waals surface area contributed by atoms with E-state index in [1.54, 1.807) is 12.1 Å². The van der Waals surface area contributed by atoms with Gasteiger partial charge in [0.15, 0.2) is 11.5 Å². The molecule has 0 atom stereocenters. The Morgan fingerprint density at radius 3 is 2.39 bits per heavy atom. The molecule has 0 saturated carbocycles. The maximum Gasteiger partial charge on any atom is 0.274 e. The summed E-state index contributed by atoms with van der Waals surface area (Å²) in [5, 5.41) is 11.5. The van der Waals surface area contributed by atoms with Crippen molar-refractivity contribution in [2.45, 2.75) is 13.0 Å². The van der Waals surface area contributed by atoms with Crippen LogP contribution in [0.2, 0.25) is 0 Å². The van der Waals surface area contributed by atoms with Gasteiger partial charge in [0.2, 0.25) is 0 Å². The van der Waals surface area contributed by atoms with Crippen LogP contribution in [0.4, 0.5) is 17.2 Å². The van der Waals surface area contributed by atoms with Crippen molar-refractivity contribution in [3.8, 4) is 0 Å². The summed E-state index contributed by atoms with van der Waals surface area (Å²) in [5.74, 6) is 0.530. The number of nitrogens with one attached hydrogen (secondary N) is 1. The minimum absolute atomic E-state index is 0.0797. The van der Waals surface area contributed by atoms with E-state index in [1.165, 1.54) is 11.1 Å². The molecule has 0 unspecified atom stereocenters. The van der Waals surface area contributed by atoms with Crippen LogP contribution in [0.1, 0.15) is 21.6 Å². The Morgan fingerprint density at radius 1 is 0.964 bits per heavy atom. The smallest absolute Gasteiger partial charge is 0.274 e. The predicted octanol–water partition coefficient (Wildman–Crippen LogP) is 3.48. The Hall–Kier alpha value is -3.41. The van der Waals surface area contributed by atoms with E-state index in [2.05, 4.69) is 27.6 Å². The SMILES string of the molecule is CN(C)c1ccc(Nc2ccc(C(=O)N3CCc4ccccc4C3)nn2)cc1. The van der Waals surface area contributed by atoms with Crippen LogP contribution in [0, 0.1) is 0 Å². The third kappa shape index (κ3) is 3.81. The van der Waals surface area contributed by atoms with Gasteiger partial charge >= 0.3 is 0 Å². The van der Waals surface area contributed by atoms with Gasteiger partial charge in [0.1, 0.15) is 0 Å². The van der Waals surface area contributed by atoms with Gasteiger partial charge in [-0.25, -0.2) is 0 Å². The summed E-state index contributed by atoms with van der Waals surface area (Å²) < 4.78 is 0. The summed E-state index contributed by atoms with van der Waals surface area (Å²) >= 11 is 0. The monoisotopic (exact) mass is 373 g/mol. The standard InChI is InChI=1S/C22H23N5O/c1-26(2)19-9-7-18(8-10-19)23-21-12-11-20(24-25-21)22(28)27-14-13-16-5-3-4-6-17(16)15-27/h3-12H,13-15H2,1-2H3,(H,23,25). The zero-order chi connectivity index (χ0) is 19.5. The Balaban J connectivity index is 1.42. The molecule has 0 bridgehead atoms. The molecule has 0 radical (unpaired) electrons. The molecule has 6 nitrogen and oxygen atoms in total. The summed E-state index contributed by atoms with van der Waals surface area (Å²) in [4.78, 5) is 16.7. The van der Waals surface area contributed by atoms with Gasteiger partial charge in [-0.3, -0.25) is 4.79 Å². The first kappa shape index (κ1) is 18.0. The lowest BCUT2D eigenvalue weighted by Crippen LogP contribution is -2.36. The minimum atomic E-state index is -0.0797. The fourth-order valence-electron chi connectivity index (χ4n) is 3.33. The van der Waals surface area contributed by atoms with Crippen LogP contribution < -0.4 is 10.2 Å². The normalized spacial score (nSPS) is 13.0. The topological polar surface area (TPSA) is 61.4 Å². The molecule has 1 aliphatic rings. The molecule has 28 heavy (non-hydrogen) atoms. The lowest BCUT2D eigenvalue weighted by atomic mass is 10.00. The molecular weight excluding hydrogens is 350 g/mol. The van der Waals surface area contributed by atoms with Crippen molar-refractivity contribution < 1.29 is 4.79 Å². The molecule has 1 N–H and O–H groups in total. The lowest BCUT2D eigenvalue weighted by molar-refractivity contribution is 0.0727. The second-order valence-electron chi connectivity index (χ2n) is 7.12. The molecule has 2 aromatic carbocycles. The van der Waals surface area contributed by atoms with E-state index in [0.717, 1.165) is 17.8 Å². The maximum absolute atomic E-state index is 12.8. The van der Waals surface area contributed by atoms with Gasteiger partial charge in [0.05, 0.1) is 0 Å². The molecule has 0 spiro atoms. The van der Waals surface area contributed by atoms with Crippen molar-refractivity contribution in [2.75, 3.05) is 30.9 Å². The molecule has 1 aliphatic heterocycles. The molecule has 1 aromatic heterocycles. The summed E-state index contributed by atoms with van der Waals surface area (Å²) in [6.45, 7) is 1.32. The fraction of sp³-hybridized carbons (Fsp3) is 0.227. The third-order valence-corrected chi connectivity index (χ3v) is 4.96. The molecule has 1 amide bonds. The summed E-state index contributed by atoms with van der Waals surface area (Å²) in [6, 6.07) is 19.8. The van der Waals surface area contributed by atoms with Gasteiger partial charge in [-0.05, 0) is 53.9 Å². The number of rotatable bonds is 4. The fourth-order valence-corrected chi connectivity index (χ4v) is 3.33. The van der Waals surface area contributed by atoms with E-state index in [0.29, 0.717) is 24.6 Å². The Bertz CT molecular complexity index is 967. The molecule has 0 saturated heterocycles. The summed E-state index contributed by atoms with van der Waals surface area (Å²) in [5.41, 5.74) is 4.94. The van der Waals surface area contributed by atoms with E-state index in [-0.39, 0.29) is 5.91 Å². The van der Waals surface area contributed by atoms with Crippen LogP contribution in [0.15, 0.2) is 60.7 Å². The first-order chi connectivity index (χ1) is 13.6. The van der Waals surface area contributed by atoms with E-state index < -0.39 is 0 Å². The first-order valence-corrected chi connectivity index (χ1v) is 9.34. The van der Waals surface area contributed by atoms with Crippen LogP contribution in [-0.4, -0.2) is 41.6 Å². The van der Waals surface area contributed by atoms with Crippen molar-refractivity contribution in [3.63, 3.8) is 0 Å². The van der Waals surface area contributed by atoms with Gasteiger partial charge in [-0.2, -0.15) is 0 Å². The molecular formula is C22H23N5O. The van der Waals surface area contributed by atoms with Crippen molar-refractivity contribution in [1.29, 1.82) is 0 Å². The number of fused-ring (bicyclic) bond motifs is 1. The zero-order valence-corrected chi connectivity index (χ0v) is 16.1. The van der Waals surface area contributed by atoms with Gasteiger partial charge in [-0.1, -0.05) is 24.3 Å². The average molecular weight is 373 g/mol. The highest BCUT2D eigenvalue weighted by atomic mass is 16.2. The lowest BCUT2D eigenvalue weighted by Gasteiger charge is -2.28. The van der Waals surface area contributed by atoms with E-state index >= 15 is 0 Å². The summed E-state index contributed by atoms with van der Waals surface area (Å²) in [6.07, 6.45) is 0.873. The largest absolute Gasteiger partial charge is 0.378 e. The number of hydrogen-bond acceptors (Lipinski definition) is 5. The number of carbonyl (C=O) groups excluding carboxylic acids is 1. The van der Waals surface area contributed by atoms with Crippen LogP contribution in [-0.2, 0) is 13.0 Å². The van der Waals surface area contributed by atoms with Crippen LogP contribution in [0.25, 0.3) is 0 Å². The Labute approximate surface area is 164 Å². The second-order valence-corrected chi connectivity index (χ2v) is 7.12. The molecule has 4 rings (SSSR count). The molecule has 142 valence electrons. The highest BCUT2D eigenvalue weighted by molar-refractivity contribution is 5.92. The van der Waals surface area contributed by atoms with Gasteiger partial charge in [0.25, 0.3) is 5.91 Å². The van der Waals surface area contributed by atoms with E-state index in [9.17, 15) is 4.79 Å². The Kier molecular flexibility index (Phi) is 4.93. The number of hydrogen-bond donors (Lipinski definition) is 1. The zero-order valence-electron chi connectivity index (χ0n) is 16.1. The molecule has 0 aliphatic carbocycles. The molecule has 3 aromatic rings. The van der Waals surface area contributed by atoms with Crippen LogP contribution >= 0.6 is 0 Å². The summed E-state index contributed by atoms with van der Waals surface area (Å²) in [7, 11) is 4.01. The van der Waals surface area contributed by atoms with Crippen molar-refractivity contribution in [2.24, 2.45) is 0 Å². The highest BCUT2D eigenvalue weighted by Crippen LogP contribution is 2.21.